The fourth-order valence-corrected chi connectivity index (χ4v) is 1.61. The number of carbonyl (C=O) groups excluding carboxylic acids is 2. The fraction of sp³-hybridized carbons (Fsp3) is 0.125. The van der Waals surface area contributed by atoms with Crippen molar-refractivity contribution in [2.24, 2.45) is 10.2 Å². The number of carbonyl (C=O) groups is 2. The smallest absolute Gasteiger partial charge is 0.308 e. The predicted octanol–water partition coefficient (Wildman–Crippen LogP) is 3.95. The van der Waals surface area contributed by atoms with Crippen LogP contribution in [0.15, 0.2) is 58.8 Å². The summed E-state index contributed by atoms with van der Waals surface area (Å²) < 4.78 is 9.85. The van der Waals surface area contributed by atoms with Crippen molar-refractivity contribution in [2.75, 3.05) is 0 Å². The van der Waals surface area contributed by atoms with Crippen LogP contribution in [0.3, 0.4) is 0 Å². The maximum atomic E-state index is 10.8. The van der Waals surface area contributed by atoms with Crippen molar-refractivity contribution >= 4 is 23.3 Å². The van der Waals surface area contributed by atoms with Crippen molar-refractivity contribution < 1.29 is 19.1 Å². The van der Waals surface area contributed by atoms with Crippen LogP contribution in [-0.4, -0.2) is 11.9 Å². The molecule has 0 saturated carbocycles. The first-order valence-electron chi connectivity index (χ1n) is 6.51. The van der Waals surface area contributed by atoms with Gasteiger partial charge in [-0.3, -0.25) is 9.59 Å². The average Bonchev–Trinajstić information content (AvgIpc) is 2.47. The van der Waals surface area contributed by atoms with E-state index in [0.29, 0.717) is 22.9 Å². The van der Waals surface area contributed by atoms with Gasteiger partial charge in [-0.1, -0.05) is 0 Å². The highest BCUT2D eigenvalue weighted by atomic mass is 16.5. The molecule has 0 aromatic heterocycles. The maximum Gasteiger partial charge on any atom is 0.308 e. The summed E-state index contributed by atoms with van der Waals surface area (Å²) in [6.45, 7) is 2.68. The van der Waals surface area contributed by atoms with Gasteiger partial charge in [0.15, 0.2) is 0 Å². The Morgan fingerprint density at radius 2 is 1.00 bits per heavy atom. The van der Waals surface area contributed by atoms with Gasteiger partial charge in [-0.2, -0.15) is 10.2 Å². The topological polar surface area (TPSA) is 77.3 Å². The molecule has 0 saturated heterocycles. The number of benzene rings is 2. The summed E-state index contributed by atoms with van der Waals surface area (Å²) in [5.74, 6) is 0.166. The number of hydrogen-bond acceptors (Lipinski definition) is 6. The molecule has 0 unspecified atom stereocenters. The van der Waals surface area contributed by atoms with Crippen LogP contribution in [0.25, 0.3) is 0 Å². The lowest BCUT2D eigenvalue weighted by molar-refractivity contribution is -0.132. The Labute approximate surface area is 127 Å². The van der Waals surface area contributed by atoms with E-state index in [1.807, 2.05) is 0 Å². The van der Waals surface area contributed by atoms with E-state index in [1.54, 1.807) is 48.5 Å². The summed E-state index contributed by atoms with van der Waals surface area (Å²) in [6.07, 6.45) is 0. The Balaban J connectivity index is 2.01. The Morgan fingerprint density at radius 1 is 0.682 bits per heavy atom. The molecule has 2 aromatic carbocycles. The van der Waals surface area contributed by atoms with E-state index < -0.39 is 0 Å². The van der Waals surface area contributed by atoms with Gasteiger partial charge >= 0.3 is 11.9 Å². The summed E-state index contributed by atoms with van der Waals surface area (Å²) in [5.41, 5.74) is 1.25. The number of rotatable bonds is 4. The molecule has 0 aliphatic carbocycles. The molecule has 6 heteroatoms. The van der Waals surface area contributed by atoms with Crippen LogP contribution >= 0.6 is 0 Å². The number of azo groups is 1. The highest BCUT2D eigenvalue weighted by molar-refractivity contribution is 5.69. The molecule has 0 atom stereocenters. The third kappa shape index (κ3) is 4.82. The van der Waals surface area contributed by atoms with Gasteiger partial charge in [0.2, 0.25) is 0 Å². The van der Waals surface area contributed by atoms with E-state index in [2.05, 4.69) is 10.2 Å². The van der Waals surface area contributed by atoms with Crippen molar-refractivity contribution in [3.05, 3.63) is 48.5 Å². The normalized spacial score (nSPS) is 10.5. The summed E-state index contributed by atoms with van der Waals surface area (Å²) in [4.78, 5) is 21.6. The molecule has 0 N–H and O–H groups in total. The summed E-state index contributed by atoms with van der Waals surface area (Å²) >= 11 is 0. The molecule has 0 radical (unpaired) electrons. The summed E-state index contributed by atoms with van der Waals surface area (Å²) in [6, 6.07) is 13.3. The van der Waals surface area contributed by atoms with E-state index in [-0.39, 0.29) is 11.9 Å². The quantitative estimate of drug-likeness (QED) is 0.486. The second kappa shape index (κ2) is 7.12. The van der Waals surface area contributed by atoms with Crippen LogP contribution in [0.4, 0.5) is 11.4 Å². The Kier molecular flexibility index (Phi) is 4.98. The minimum atomic E-state index is -0.373. The summed E-state index contributed by atoms with van der Waals surface area (Å²) in [7, 11) is 0. The van der Waals surface area contributed by atoms with Crippen LogP contribution in [0, 0.1) is 0 Å². The molecule has 6 nitrogen and oxygen atoms in total. The van der Waals surface area contributed by atoms with E-state index in [1.165, 1.54) is 13.8 Å². The lowest BCUT2D eigenvalue weighted by Crippen LogP contribution is -2.00. The number of esters is 2. The van der Waals surface area contributed by atoms with E-state index in [0.717, 1.165) is 0 Å². The largest absolute Gasteiger partial charge is 0.427 e. The van der Waals surface area contributed by atoms with Gasteiger partial charge in [0.25, 0.3) is 0 Å². The van der Waals surface area contributed by atoms with Gasteiger partial charge in [-0.15, -0.1) is 0 Å². The van der Waals surface area contributed by atoms with Gasteiger partial charge in [-0.25, -0.2) is 0 Å². The minimum absolute atomic E-state index is 0.373. The first-order valence-corrected chi connectivity index (χ1v) is 6.51. The molecule has 2 aromatic rings. The molecule has 0 heterocycles. The molecule has 0 aliphatic heterocycles. The molecule has 0 bridgehead atoms. The second-order valence-corrected chi connectivity index (χ2v) is 4.38. The Hall–Kier alpha value is -3.02. The molecule has 112 valence electrons. The molecule has 0 fully saturated rings. The SMILES string of the molecule is CC(=O)Oc1ccc(N=Nc2ccc(OC(C)=O)cc2)cc1. The fourth-order valence-electron chi connectivity index (χ4n) is 1.61. The molecular formula is C16H14N2O4. The second-order valence-electron chi connectivity index (χ2n) is 4.38. The monoisotopic (exact) mass is 298 g/mol. The van der Waals surface area contributed by atoms with Gasteiger partial charge in [0.1, 0.15) is 11.5 Å². The van der Waals surface area contributed by atoms with Crippen LogP contribution in [0.1, 0.15) is 13.8 Å². The van der Waals surface area contributed by atoms with Crippen LogP contribution < -0.4 is 9.47 Å². The Morgan fingerprint density at radius 3 is 1.27 bits per heavy atom. The van der Waals surface area contributed by atoms with Gasteiger partial charge in [0.05, 0.1) is 11.4 Å². The zero-order chi connectivity index (χ0) is 15.9. The first-order chi connectivity index (χ1) is 10.5. The number of ether oxygens (including phenoxy) is 2. The number of hydrogen-bond donors (Lipinski definition) is 0. The van der Waals surface area contributed by atoms with E-state index >= 15 is 0 Å². The third-order valence-electron chi connectivity index (χ3n) is 2.48. The molecule has 2 rings (SSSR count). The molecule has 0 spiro atoms. The maximum absolute atomic E-state index is 10.8. The molecular weight excluding hydrogens is 284 g/mol. The molecule has 22 heavy (non-hydrogen) atoms. The lowest BCUT2D eigenvalue weighted by atomic mass is 10.3. The predicted molar refractivity (Wildman–Crippen MR) is 79.7 cm³/mol. The molecule has 0 aliphatic rings. The van der Waals surface area contributed by atoms with Crippen molar-refractivity contribution in [3.63, 3.8) is 0 Å². The average molecular weight is 298 g/mol. The zero-order valence-corrected chi connectivity index (χ0v) is 12.1. The van der Waals surface area contributed by atoms with Crippen LogP contribution in [0.2, 0.25) is 0 Å². The van der Waals surface area contributed by atoms with E-state index in [4.69, 9.17) is 9.47 Å². The highest BCUT2D eigenvalue weighted by Gasteiger charge is 1.99. The third-order valence-corrected chi connectivity index (χ3v) is 2.48. The zero-order valence-electron chi connectivity index (χ0n) is 12.1. The highest BCUT2D eigenvalue weighted by Crippen LogP contribution is 2.23. The van der Waals surface area contributed by atoms with Crippen LogP contribution in [-0.2, 0) is 9.59 Å². The van der Waals surface area contributed by atoms with Crippen molar-refractivity contribution in [1.29, 1.82) is 0 Å². The first kappa shape index (κ1) is 15.4. The van der Waals surface area contributed by atoms with Crippen molar-refractivity contribution in [2.45, 2.75) is 13.8 Å². The lowest BCUT2D eigenvalue weighted by Gasteiger charge is -2.01. The summed E-state index contributed by atoms with van der Waals surface area (Å²) in [5, 5.41) is 8.13. The standard InChI is InChI=1S/C16H14N2O4/c1-11(19)21-15-7-3-13(4-8-15)17-18-14-5-9-16(10-6-14)22-12(2)20/h3-10H,1-2H3. The minimum Gasteiger partial charge on any atom is -0.427 e. The number of nitrogens with zero attached hydrogens (tertiary/aromatic N) is 2. The molecule has 0 amide bonds. The van der Waals surface area contributed by atoms with Crippen LogP contribution in [0.5, 0.6) is 11.5 Å². The Bertz CT molecular complexity index is 630. The van der Waals surface area contributed by atoms with Gasteiger partial charge in [-0.05, 0) is 48.5 Å². The van der Waals surface area contributed by atoms with Crippen molar-refractivity contribution in [1.82, 2.24) is 0 Å². The van der Waals surface area contributed by atoms with Gasteiger partial charge < -0.3 is 9.47 Å². The van der Waals surface area contributed by atoms with Crippen molar-refractivity contribution in [3.8, 4) is 11.5 Å². The van der Waals surface area contributed by atoms with E-state index in [9.17, 15) is 9.59 Å². The van der Waals surface area contributed by atoms with Gasteiger partial charge in [0, 0.05) is 13.8 Å².